The predicted molar refractivity (Wildman–Crippen MR) is 70.9 cm³/mol. The third kappa shape index (κ3) is 4.09. The molecule has 6 nitrogen and oxygen atoms in total. The topological polar surface area (TPSA) is 78.9 Å². The lowest BCUT2D eigenvalue weighted by atomic mass is 9.99. The number of amides is 2. The number of carboxylic acids is 1. The lowest BCUT2D eigenvalue weighted by Gasteiger charge is -2.25. The number of nitrogens with one attached hydrogen (secondary N) is 1. The fourth-order valence-electron chi connectivity index (χ4n) is 2.28. The third-order valence-electron chi connectivity index (χ3n) is 3.68. The van der Waals surface area contributed by atoms with E-state index in [0.717, 1.165) is 0 Å². The van der Waals surface area contributed by atoms with Crippen LogP contribution >= 0.6 is 0 Å². The van der Waals surface area contributed by atoms with Crippen LogP contribution < -0.4 is 5.32 Å². The second kappa shape index (κ2) is 6.75. The van der Waals surface area contributed by atoms with Gasteiger partial charge < -0.3 is 20.1 Å². The minimum atomic E-state index is -0.833. The van der Waals surface area contributed by atoms with E-state index < -0.39 is 11.9 Å². The van der Waals surface area contributed by atoms with E-state index in [4.69, 9.17) is 9.84 Å². The number of nitrogens with zero attached hydrogens (tertiary/aromatic N) is 1. The zero-order chi connectivity index (χ0) is 14.6. The molecule has 1 aliphatic rings. The van der Waals surface area contributed by atoms with Crippen LogP contribution in [-0.4, -0.2) is 54.9 Å². The Morgan fingerprint density at radius 2 is 2.05 bits per heavy atom. The number of carbonyl (C=O) groups is 2. The maximum Gasteiger partial charge on any atom is 0.317 e. The van der Waals surface area contributed by atoms with Crippen molar-refractivity contribution in [3.63, 3.8) is 0 Å². The van der Waals surface area contributed by atoms with Crippen LogP contribution in [-0.2, 0) is 9.53 Å². The highest BCUT2D eigenvalue weighted by atomic mass is 16.5. The van der Waals surface area contributed by atoms with Gasteiger partial charge in [-0.25, -0.2) is 4.79 Å². The predicted octanol–water partition coefficient (Wildman–Crippen LogP) is 1.02. The van der Waals surface area contributed by atoms with E-state index in [1.807, 2.05) is 20.8 Å². The summed E-state index contributed by atoms with van der Waals surface area (Å²) in [5.41, 5.74) is 0. The van der Waals surface area contributed by atoms with E-state index in [9.17, 15) is 9.59 Å². The van der Waals surface area contributed by atoms with Crippen LogP contribution in [0.3, 0.4) is 0 Å². The number of hydrogen-bond acceptors (Lipinski definition) is 3. The number of ether oxygens (including phenoxy) is 1. The largest absolute Gasteiger partial charge is 0.481 e. The molecule has 3 atom stereocenters. The lowest BCUT2D eigenvalue weighted by Crippen LogP contribution is -2.48. The minimum Gasteiger partial charge on any atom is -0.481 e. The third-order valence-corrected chi connectivity index (χ3v) is 3.68. The molecule has 0 spiro atoms. The van der Waals surface area contributed by atoms with Crippen LogP contribution in [0.25, 0.3) is 0 Å². The molecule has 0 aliphatic carbocycles. The molecule has 19 heavy (non-hydrogen) atoms. The summed E-state index contributed by atoms with van der Waals surface area (Å²) in [5, 5.41) is 12.0. The molecule has 1 heterocycles. The van der Waals surface area contributed by atoms with E-state index in [1.54, 1.807) is 12.0 Å². The van der Waals surface area contributed by atoms with Gasteiger partial charge in [-0.15, -0.1) is 0 Å². The molecule has 0 aromatic carbocycles. The van der Waals surface area contributed by atoms with Gasteiger partial charge >= 0.3 is 12.0 Å². The summed E-state index contributed by atoms with van der Waals surface area (Å²) < 4.78 is 5.08. The van der Waals surface area contributed by atoms with Gasteiger partial charge in [0.2, 0.25) is 0 Å². The Morgan fingerprint density at radius 1 is 1.42 bits per heavy atom. The highest BCUT2D eigenvalue weighted by Crippen LogP contribution is 2.23. The van der Waals surface area contributed by atoms with Crippen LogP contribution in [0, 0.1) is 17.8 Å². The van der Waals surface area contributed by atoms with E-state index in [0.29, 0.717) is 13.2 Å². The summed E-state index contributed by atoms with van der Waals surface area (Å²) in [6, 6.07) is -0.261. The number of rotatable bonds is 5. The number of carboxylic acid groups (broad SMARTS) is 1. The Bertz CT molecular complexity index is 333. The van der Waals surface area contributed by atoms with E-state index in [-0.39, 0.29) is 30.5 Å². The fourth-order valence-corrected chi connectivity index (χ4v) is 2.28. The van der Waals surface area contributed by atoms with Crippen molar-refractivity contribution >= 4 is 12.0 Å². The molecule has 110 valence electrons. The van der Waals surface area contributed by atoms with Crippen LogP contribution in [0.4, 0.5) is 4.79 Å². The molecule has 0 bridgehead atoms. The molecule has 1 saturated heterocycles. The standard InChI is InChI=1S/C13H24N2O4/c1-8(2)11(7-19-4)14-13(18)15-5-9(3)10(6-15)12(16)17/h8-11H,5-7H2,1-4H3,(H,14,18)(H,16,17)/t9-,10-,11?/m1/s1. The maximum absolute atomic E-state index is 12.1. The number of urea groups is 1. The highest BCUT2D eigenvalue weighted by molar-refractivity contribution is 5.77. The molecule has 1 aliphatic heterocycles. The Labute approximate surface area is 114 Å². The van der Waals surface area contributed by atoms with E-state index in [1.165, 1.54) is 0 Å². The first-order valence-corrected chi connectivity index (χ1v) is 6.64. The van der Waals surface area contributed by atoms with Crippen molar-refractivity contribution in [1.29, 1.82) is 0 Å². The van der Waals surface area contributed by atoms with Gasteiger partial charge in [0.05, 0.1) is 18.6 Å². The summed E-state index contributed by atoms with van der Waals surface area (Å²) in [5.74, 6) is -1.05. The Kier molecular flexibility index (Phi) is 5.60. The maximum atomic E-state index is 12.1. The van der Waals surface area contributed by atoms with Gasteiger partial charge in [-0.2, -0.15) is 0 Å². The minimum absolute atomic E-state index is 0.0109. The van der Waals surface area contributed by atoms with Gasteiger partial charge in [-0.05, 0) is 11.8 Å². The summed E-state index contributed by atoms with van der Waals surface area (Å²) in [4.78, 5) is 24.7. The molecule has 1 rings (SSSR count). The summed E-state index contributed by atoms with van der Waals surface area (Å²) >= 11 is 0. The molecule has 2 amide bonds. The molecule has 0 aromatic heterocycles. The fraction of sp³-hybridized carbons (Fsp3) is 0.846. The van der Waals surface area contributed by atoms with E-state index in [2.05, 4.69) is 5.32 Å². The Balaban J connectivity index is 2.57. The number of likely N-dealkylation sites (tertiary alicyclic amines) is 1. The van der Waals surface area contributed by atoms with Crippen molar-refractivity contribution in [2.45, 2.75) is 26.8 Å². The number of aliphatic carboxylic acids is 1. The van der Waals surface area contributed by atoms with Crippen LogP contribution in [0.5, 0.6) is 0 Å². The lowest BCUT2D eigenvalue weighted by molar-refractivity contribution is -0.142. The second-order valence-electron chi connectivity index (χ2n) is 5.58. The molecule has 0 saturated carbocycles. The Hall–Kier alpha value is -1.30. The highest BCUT2D eigenvalue weighted by Gasteiger charge is 2.37. The molecule has 1 unspecified atom stereocenters. The van der Waals surface area contributed by atoms with Crippen LogP contribution in [0.1, 0.15) is 20.8 Å². The first-order chi connectivity index (χ1) is 8.86. The second-order valence-corrected chi connectivity index (χ2v) is 5.58. The zero-order valence-corrected chi connectivity index (χ0v) is 12.0. The molecular weight excluding hydrogens is 248 g/mol. The summed E-state index contributed by atoms with van der Waals surface area (Å²) in [6.45, 7) is 7.10. The van der Waals surface area contributed by atoms with Crippen molar-refractivity contribution in [2.24, 2.45) is 17.8 Å². The quantitative estimate of drug-likeness (QED) is 0.783. The van der Waals surface area contributed by atoms with Crippen LogP contribution in [0.2, 0.25) is 0 Å². The molecule has 1 fully saturated rings. The molecule has 0 aromatic rings. The average molecular weight is 272 g/mol. The van der Waals surface area contributed by atoms with Gasteiger partial charge in [-0.1, -0.05) is 20.8 Å². The van der Waals surface area contributed by atoms with Gasteiger partial charge in [-0.3, -0.25) is 4.79 Å². The first kappa shape index (κ1) is 15.8. The van der Waals surface area contributed by atoms with Crippen molar-refractivity contribution in [3.05, 3.63) is 0 Å². The van der Waals surface area contributed by atoms with Crippen molar-refractivity contribution in [3.8, 4) is 0 Å². The van der Waals surface area contributed by atoms with Gasteiger partial charge in [0.15, 0.2) is 0 Å². The summed E-state index contributed by atoms with van der Waals surface area (Å²) in [6.07, 6.45) is 0. The first-order valence-electron chi connectivity index (χ1n) is 6.64. The van der Waals surface area contributed by atoms with Crippen molar-refractivity contribution in [1.82, 2.24) is 10.2 Å². The summed E-state index contributed by atoms with van der Waals surface area (Å²) in [7, 11) is 1.60. The van der Waals surface area contributed by atoms with E-state index >= 15 is 0 Å². The van der Waals surface area contributed by atoms with Crippen molar-refractivity contribution < 1.29 is 19.4 Å². The molecule has 6 heteroatoms. The zero-order valence-electron chi connectivity index (χ0n) is 12.0. The molecular formula is C13H24N2O4. The normalized spacial score (nSPS) is 24.6. The Morgan fingerprint density at radius 3 is 2.47 bits per heavy atom. The monoisotopic (exact) mass is 272 g/mol. The average Bonchev–Trinajstić information content (AvgIpc) is 2.70. The van der Waals surface area contributed by atoms with Gasteiger partial charge in [0, 0.05) is 20.2 Å². The number of hydrogen-bond donors (Lipinski definition) is 2. The number of carbonyl (C=O) groups excluding carboxylic acids is 1. The molecule has 0 radical (unpaired) electrons. The van der Waals surface area contributed by atoms with Gasteiger partial charge in [0.1, 0.15) is 0 Å². The molecule has 2 N–H and O–H groups in total. The smallest absolute Gasteiger partial charge is 0.317 e. The number of methoxy groups -OCH3 is 1. The van der Waals surface area contributed by atoms with Crippen LogP contribution in [0.15, 0.2) is 0 Å². The van der Waals surface area contributed by atoms with Crippen molar-refractivity contribution in [2.75, 3.05) is 26.8 Å². The van der Waals surface area contributed by atoms with Gasteiger partial charge in [0.25, 0.3) is 0 Å². The SMILES string of the molecule is COCC(NC(=O)N1C[C@@H](C)[C@H](C(=O)O)C1)C(C)C.